The molecule has 7 nitrogen and oxygen atoms in total. The summed E-state index contributed by atoms with van der Waals surface area (Å²) in [4.78, 5) is 23.3. The minimum Gasteiger partial charge on any atom is -0.351 e. The number of amides is 1. The van der Waals surface area contributed by atoms with Crippen molar-refractivity contribution in [2.45, 2.75) is 13.3 Å². The first-order chi connectivity index (χ1) is 14.7. The van der Waals surface area contributed by atoms with Crippen molar-refractivity contribution in [2.75, 3.05) is 45.8 Å². The van der Waals surface area contributed by atoms with E-state index in [1.54, 1.807) is 0 Å². The number of nitrogens with zero attached hydrogens (tertiary/aromatic N) is 4. The third kappa shape index (κ3) is 5.13. The zero-order valence-corrected chi connectivity index (χ0v) is 18.0. The van der Waals surface area contributed by atoms with E-state index in [4.69, 9.17) is 4.52 Å². The molecule has 0 spiro atoms. The number of benzene rings is 1. The summed E-state index contributed by atoms with van der Waals surface area (Å²) < 4.78 is 5.36. The van der Waals surface area contributed by atoms with E-state index in [2.05, 4.69) is 32.2 Å². The minimum absolute atomic E-state index is 0.0474. The molecular weight excluding hydrogens is 398 g/mol. The van der Waals surface area contributed by atoms with Gasteiger partial charge in [0.25, 0.3) is 11.8 Å². The zero-order valence-electron chi connectivity index (χ0n) is 17.2. The van der Waals surface area contributed by atoms with Crippen LogP contribution in [-0.4, -0.2) is 71.7 Å². The van der Waals surface area contributed by atoms with E-state index in [0.29, 0.717) is 23.1 Å². The smallest absolute Gasteiger partial charge is 0.261 e. The van der Waals surface area contributed by atoms with Gasteiger partial charge in [0, 0.05) is 38.3 Å². The molecule has 0 bridgehead atoms. The molecule has 1 aromatic carbocycles. The maximum atomic E-state index is 12.5. The van der Waals surface area contributed by atoms with Crippen molar-refractivity contribution in [3.8, 4) is 22.2 Å². The van der Waals surface area contributed by atoms with Crippen molar-refractivity contribution in [3.05, 3.63) is 47.3 Å². The Labute approximate surface area is 180 Å². The lowest BCUT2D eigenvalue weighted by Crippen LogP contribution is -2.46. The highest BCUT2D eigenvalue weighted by Crippen LogP contribution is 2.28. The highest BCUT2D eigenvalue weighted by molar-refractivity contribution is 7.17. The molecule has 0 atom stereocenters. The number of aromatic nitrogens is 2. The third-order valence-corrected chi connectivity index (χ3v) is 6.43. The van der Waals surface area contributed by atoms with Crippen LogP contribution in [0, 0.1) is 0 Å². The Hall–Kier alpha value is -2.55. The van der Waals surface area contributed by atoms with Crippen molar-refractivity contribution in [3.63, 3.8) is 0 Å². The summed E-state index contributed by atoms with van der Waals surface area (Å²) in [5, 5.41) is 7.08. The van der Waals surface area contributed by atoms with Crippen molar-refractivity contribution < 1.29 is 9.32 Å². The Bertz CT molecular complexity index is 947. The molecule has 30 heavy (non-hydrogen) atoms. The fourth-order valence-electron chi connectivity index (χ4n) is 3.52. The van der Waals surface area contributed by atoms with Gasteiger partial charge in [-0.1, -0.05) is 30.3 Å². The summed E-state index contributed by atoms with van der Waals surface area (Å²) in [5.41, 5.74) is 0.877. The number of rotatable bonds is 8. The molecule has 1 aliphatic heterocycles. The standard InChI is InChI=1S/C22H27N5O2S/c1-2-26-13-15-27(16-14-26)12-6-11-23-21(28)19-10-9-18(30-19)20-24-22(29-25-20)17-7-4-3-5-8-17/h3-5,7-10H,2,6,11-16H2,1H3,(H,23,28). The van der Waals surface area contributed by atoms with Crippen LogP contribution in [0.25, 0.3) is 22.2 Å². The van der Waals surface area contributed by atoms with Gasteiger partial charge < -0.3 is 19.6 Å². The van der Waals surface area contributed by atoms with E-state index in [1.807, 2.05) is 42.5 Å². The Morgan fingerprint density at radius 1 is 1.10 bits per heavy atom. The third-order valence-electron chi connectivity index (χ3n) is 5.35. The van der Waals surface area contributed by atoms with Gasteiger partial charge in [-0.25, -0.2) is 0 Å². The summed E-state index contributed by atoms with van der Waals surface area (Å²) in [6, 6.07) is 13.3. The molecule has 1 aliphatic rings. The summed E-state index contributed by atoms with van der Waals surface area (Å²) in [5.74, 6) is 0.933. The van der Waals surface area contributed by atoms with Crippen molar-refractivity contribution >= 4 is 17.2 Å². The van der Waals surface area contributed by atoms with Gasteiger partial charge in [-0.15, -0.1) is 11.3 Å². The van der Waals surface area contributed by atoms with Crippen LogP contribution in [0.3, 0.4) is 0 Å². The second-order valence-electron chi connectivity index (χ2n) is 7.34. The van der Waals surface area contributed by atoms with Crippen LogP contribution in [0.4, 0.5) is 0 Å². The molecule has 0 unspecified atom stereocenters. The van der Waals surface area contributed by atoms with E-state index >= 15 is 0 Å². The molecule has 0 radical (unpaired) electrons. The molecule has 3 heterocycles. The summed E-state index contributed by atoms with van der Waals surface area (Å²) in [7, 11) is 0. The van der Waals surface area contributed by atoms with Gasteiger partial charge in [0.2, 0.25) is 5.82 Å². The van der Waals surface area contributed by atoms with E-state index in [1.165, 1.54) is 11.3 Å². The first kappa shape index (κ1) is 20.7. The number of carbonyl (C=O) groups is 1. The van der Waals surface area contributed by atoms with E-state index in [9.17, 15) is 4.79 Å². The molecule has 1 amide bonds. The fourth-order valence-corrected chi connectivity index (χ4v) is 4.37. The molecule has 8 heteroatoms. The maximum Gasteiger partial charge on any atom is 0.261 e. The number of carbonyl (C=O) groups excluding carboxylic acids is 1. The van der Waals surface area contributed by atoms with Gasteiger partial charge >= 0.3 is 0 Å². The van der Waals surface area contributed by atoms with Crippen LogP contribution >= 0.6 is 11.3 Å². The molecule has 1 N–H and O–H groups in total. The van der Waals surface area contributed by atoms with E-state index in [0.717, 1.165) is 56.1 Å². The quantitative estimate of drug-likeness (QED) is 0.559. The van der Waals surface area contributed by atoms with E-state index < -0.39 is 0 Å². The van der Waals surface area contributed by atoms with Gasteiger partial charge in [0.05, 0.1) is 9.75 Å². The molecule has 2 aromatic heterocycles. The zero-order chi connectivity index (χ0) is 20.8. The molecule has 3 aromatic rings. The van der Waals surface area contributed by atoms with Gasteiger partial charge in [-0.05, 0) is 43.8 Å². The molecule has 0 saturated carbocycles. The van der Waals surface area contributed by atoms with Gasteiger partial charge in [-0.3, -0.25) is 4.79 Å². The monoisotopic (exact) mass is 425 g/mol. The molecule has 1 fully saturated rings. The highest BCUT2D eigenvalue weighted by Gasteiger charge is 2.16. The Balaban J connectivity index is 1.25. The molecular formula is C22H27N5O2S. The predicted molar refractivity (Wildman–Crippen MR) is 119 cm³/mol. The Morgan fingerprint density at radius 2 is 1.87 bits per heavy atom. The van der Waals surface area contributed by atoms with Crippen molar-refractivity contribution in [1.82, 2.24) is 25.3 Å². The largest absolute Gasteiger partial charge is 0.351 e. The molecule has 158 valence electrons. The number of likely N-dealkylation sites (N-methyl/N-ethyl adjacent to an activating group) is 1. The van der Waals surface area contributed by atoms with Crippen molar-refractivity contribution in [2.24, 2.45) is 0 Å². The van der Waals surface area contributed by atoms with Gasteiger partial charge in [-0.2, -0.15) is 4.98 Å². The number of piperazine rings is 1. The topological polar surface area (TPSA) is 74.5 Å². The Morgan fingerprint density at radius 3 is 2.63 bits per heavy atom. The number of hydrogen-bond acceptors (Lipinski definition) is 7. The van der Waals surface area contributed by atoms with Crippen LogP contribution in [0.1, 0.15) is 23.0 Å². The lowest BCUT2D eigenvalue weighted by atomic mass is 10.2. The average Bonchev–Trinajstić information content (AvgIpc) is 3.47. The average molecular weight is 426 g/mol. The van der Waals surface area contributed by atoms with Crippen LogP contribution in [0.15, 0.2) is 47.0 Å². The van der Waals surface area contributed by atoms with E-state index in [-0.39, 0.29) is 5.91 Å². The van der Waals surface area contributed by atoms with Crippen LogP contribution in [0.2, 0.25) is 0 Å². The van der Waals surface area contributed by atoms with Gasteiger partial charge in [0.1, 0.15) is 0 Å². The van der Waals surface area contributed by atoms with Crippen LogP contribution in [0.5, 0.6) is 0 Å². The fraction of sp³-hybridized carbons (Fsp3) is 0.409. The number of nitrogens with one attached hydrogen (secondary N) is 1. The second-order valence-corrected chi connectivity index (χ2v) is 8.42. The van der Waals surface area contributed by atoms with Crippen LogP contribution in [-0.2, 0) is 0 Å². The molecule has 0 aliphatic carbocycles. The number of hydrogen-bond donors (Lipinski definition) is 1. The van der Waals surface area contributed by atoms with Crippen molar-refractivity contribution in [1.29, 1.82) is 0 Å². The lowest BCUT2D eigenvalue weighted by molar-refractivity contribution is 0.0952. The van der Waals surface area contributed by atoms with Crippen LogP contribution < -0.4 is 5.32 Å². The maximum absolute atomic E-state index is 12.5. The molecule has 1 saturated heterocycles. The lowest BCUT2D eigenvalue weighted by Gasteiger charge is -2.33. The minimum atomic E-state index is -0.0474. The SMILES string of the molecule is CCN1CCN(CCCNC(=O)c2ccc(-c3noc(-c4ccccc4)n3)s2)CC1. The number of thiophene rings is 1. The second kappa shape index (κ2) is 9.97. The Kier molecular flexibility index (Phi) is 6.88. The molecule has 4 rings (SSSR count). The van der Waals surface area contributed by atoms with Gasteiger partial charge in [0.15, 0.2) is 0 Å². The summed E-state index contributed by atoms with van der Waals surface area (Å²) in [6.45, 7) is 9.56. The summed E-state index contributed by atoms with van der Waals surface area (Å²) in [6.07, 6.45) is 0.960. The normalized spacial score (nSPS) is 15.4. The predicted octanol–water partition coefficient (Wildman–Crippen LogP) is 3.22. The highest BCUT2D eigenvalue weighted by atomic mass is 32.1. The first-order valence-corrected chi connectivity index (χ1v) is 11.3. The first-order valence-electron chi connectivity index (χ1n) is 10.4. The summed E-state index contributed by atoms with van der Waals surface area (Å²) >= 11 is 1.38.